The van der Waals surface area contributed by atoms with Crippen LogP contribution >= 0.6 is 15.9 Å². The summed E-state index contributed by atoms with van der Waals surface area (Å²) in [6, 6.07) is 17.0. The van der Waals surface area contributed by atoms with Gasteiger partial charge in [-0.2, -0.15) is 0 Å². The molecular formula is C18H16BrNO. The van der Waals surface area contributed by atoms with Gasteiger partial charge in [0.1, 0.15) is 0 Å². The van der Waals surface area contributed by atoms with Crippen LogP contribution in [-0.4, -0.2) is 10.8 Å². The summed E-state index contributed by atoms with van der Waals surface area (Å²) >= 11 is 3.85. The minimum Gasteiger partial charge on any atom is -0.321 e. The van der Waals surface area contributed by atoms with Gasteiger partial charge in [-0.3, -0.25) is 4.79 Å². The fraction of sp³-hybridized carbons (Fsp3) is 0.278. The average molecular weight is 342 g/mol. The van der Waals surface area contributed by atoms with Crippen LogP contribution in [0.4, 0.5) is 0 Å². The first-order chi connectivity index (χ1) is 10.1. The Hall–Kier alpha value is -1.61. The highest BCUT2D eigenvalue weighted by atomic mass is 79.9. The zero-order valence-electron chi connectivity index (χ0n) is 12.0. The molecule has 2 aromatic carbocycles. The van der Waals surface area contributed by atoms with E-state index < -0.39 is 0 Å². The van der Waals surface area contributed by atoms with E-state index in [1.165, 1.54) is 22.3 Å². The van der Waals surface area contributed by atoms with E-state index in [9.17, 15) is 4.79 Å². The van der Waals surface area contributed by atoms with Crippen LogP contribution in [0.25, 0.3) is 0 Å². The van der Waals surface area contributed by atoms with Gasteiger partial charge in [-0.25, -0.2) is 0 Å². The number of rotatable bonds is 0. The van der Waals surface area contributed by atoms with Gasteiger partial charge < -0.3 is 4.90 Å². The zero-order chi connectivity index (χ0) is 14.8. The summed E-state index contributed by atoms with van der Waals surface area (Å²) in [5.41, 5.74) is 4.66. The van der Waals surface area contributed by atoms with Crippen LogP contribution in [0.2, 0.25) is 0 Å². The molecule has 21 heavy (non-hydrogen) atoms. The maximum atomic E-state index is 12.4. The smallest absolute Gasteiger partial charge is 0.220 e. The lowest BCUT2D eigenvalue weighted by molar-refractivity contribution is -0.136. The van der Waals surface area contributed by atoms with Gasteiger partial charge in [-0.05, 0) is 29.2 Å². The molecule has 106 valence electrons. The topological polar surface area (TPSA) is 20.3 Å². The third-order valence-corrected chi connectivity index (χ3v) is 5.96. The van der Waals surface area contributed by atoms with E-state index in [2.05, 4.69) is 71.4 Å². The number of alkyl halides is 1. The number of hydrogen-bond donors (Lipinski definition) is 0. The Balaban J connectivity index is 2.12. The van der Waals surface area contributed by atoms with Crippen molar-refractivity contribution in [2.45, 2.75) is 30.3 Å². The summed E-state index contributed by atoms with van der Waals surface area (Å²) in [4.78, 5) is 14.6. The van der Waals surface area contributed by atoms with Gasteiger partial charge >= 0.3 is 0 Å². The van der Waals surface area contributed by atoms with E-state index in [-0.39, 0.29) is 22.3 Å². The molecule has 2 heterocycles. The van der Waals surface area contributed by atoms with Crippen LogP contribution in [0, 0.1) is 0 Å². The van der Waals surface area contributed by atoms with Gasteiger partial charge in [0.2, 0.25) is 5.91 Å². The van der Waals surface area contributed by atoms with Crippen molar-refractivity contribution in [3.05, 3.63) is 70.8 Å². The summed E-state index contributed by atoms with van der Waals surface area (Å²) in [6.07, 6.45) is 0. The molecule has 2 bridgehead atoms. The molecule has 2 nitrogen and oxygen atoms in total. The summed E-state index contributed by atoms with van der Waals surface area (Å²) in [7, 11) is 0. The third kappa shape index (κ3) is 1.45. The van der Waals surface area contributed by atoms with Crippen molar-refractivity contribution in [2.24, 2.45) is 0 Å². The molecule has 0 saturated carbocycles. The first-order valence-electron chi connectivity index (χ1n) is 7.19. The lowest BCUT2D eigenvalue weighted by atomic mass is 9.80. The minimum atomic E-state index is -0.367. The predicted octanol–water partition coefficient (Wildman–Crippen LogP) is 4.30. The fourth-order valence-electron chi connectivity index (χ4n) is 4.17. The van der Waals surface area contributed by atoms with Crippen molar-refractivity contribution in [3.8, 4) is 0 Å². The maximum absolute atomic E-state index is 12.4. The molecule has 0 N–H and O–H groups in total. The molecule has 0 aliphatic carbocycles. The molecule has 2 aromatic rings. The number of benzene rings is 2. The van der Waals surface area contributed by atoms with Crippen LogP contribution in [0.3, 0.4) is 0 Å². The molecule has 2 aliphatic heterocycles. The lowest BCUT2D eigenvalue weighted by Gasteiger charge is -2.46. The quantitative estimate of drug-likeness (QED) is 0.654. The molecule has 0 spiro atoms. The maximum Gasteiger partial charge on any atom is 0.220 e. The van der Waals surface area contributed by atoms with Crippen LogP contribution in [0.5, 0.6) is 0 Å². The standard InChI is InChI=1S/C18H16BrNO/c1-11(21)20-17-13-8-4-6-10-15(13)18(20,2)14-9-5-3-7-12(14)16(17)19/h3-10,16-17H,1-2H3/t16-,17-,18-/m0/s1. The number of fused-ring (bicyclic) bond motifs is 7. The lowest BCUT2D eigenvalue weighted by Crippen LogP contribution is -2.48. The van der Waals surface area contributed by atoms with Crippen LogP contribution < -0.4 is 0 Å². The Morgan fingerprint density at radius 1 is 1.05 bits per heavy atom. The minimum absolute atomic E-state index is 0.0681. The second kappa shape index (κ2) is 4.20. The number of hydrogen-bond acceptors (Lipinski definition) is 1. The van der Waals surface area contributed by atoms with Crippen molar-refractivity contribution in [1.29, 1.82) is 0 Å². The van der Waals surface area contributed by atoms with Crippen molar-refractivity contribution < 1.29 is 4.79 Å². The fourth-order valence-corrected chi connectivity index (χ4v) is 5.09. The Kier molecular flexibility index (Phi) is 2.62. The van der Waals surface area contributed by atoms with Crippen molar-refractivity contribution in [1.82, 2.24) is 4.90 Å². The van der Waals surface area contributed by atoms with Crippen molar-refractivity contribution in [3.63, 3.8) is 0 Å². The molecule has 0 unspecified atom stereocenters. The number of carbonyl (C=O) groups excluding carboxylic acids is 1. The Bertz CT molecular complexity index is 756. The Morgan fingerprint density at radius 3 is 2.19 bits per heavy atom. The largest absolute Gasteiger partial charge is 0.321 e. The van der Waals surface area contributed by atoms with Gasteiger partial charge in [0.15, 0.2) is 0 Å². The van der Waals surface area contributed by atoms with E-state index in [1.807, 2.05) is 4.90 Å². The summed E-state index contributed by atoms with van der Waals surface area (Å²) in [6.45, 7) is 3.84. The summed E-state index contributed by atoms with van der Waals surface area (Å²) < 4.78 is 0. The van der Waals surface area contributed by atoms with Crippen LogP contribution in [0.15, 0.2) is 48.5 Å². The second-order valence-electron chi connectivity index (χ2n) is 5.98. The monoisotopic (exact) mass is 341 g/mol. The number of nitrogens with zero attached hydrogens (tertiary/aromatic N) is 1. The number of halogens is 1. The number of carbonyl (C=O) groups is 1. The van der Waals surface area contributed by atoms with Gasteiger partial charge in [0.25, 0.3) is 0 Å². The first kappa shape index (κ1) is 13.1. The van der Waals surface area contributed by atoms with E-state index in [4.69, 9.17) is 0 Å². The highest BCUT2D eigenvalue weighted by molar-refractivity contribution is 9.09. The molecule has 0 fully saturated rings. The number of amides is 1. The molecular weight excluding hydrogens is 326 g/mol. The molecule has 4 rings (SSSR count). The van der Waals surface area contributed by atoms with E-state index in [0.29, 0.717) is 0 Å². The average Bonchev–Trinajstić information content (AvgIpc) is 2.73. The second-order valence-corrected chi connectivity index (χ2v) is 6.97. The first-order valence-corrected chi connectivity index (χ1v) is 8.11. The van der Waals surface area contributed by atoms with E-state index >= 15 is 0 Å². The summed E-state index contributed by atoms with van der Waals surface area (Å²) in [5, 5.41) is 0. The van der Waals surface area contributed by atoms with Crippen molar-refractivity contribution >= 4 is 21.8 Å². The van der Waals surface area contributed by atoms with E-state index in [0.717, 1.165) is 0 Å². The molecule has 0 saturated heterocycles. The predicted molar refractivity (Wildman–Crippen MR) is 86.3 cm³/mol. The van der Waals surface area contributed by atoms with Crippen LogP contribution in [-0.2, 0) is 10.3 Å². The molecule has 3 atom stereocenters. The van der Waals surface area contributed by atoms with Crippen molar-refractivity contribution in [2.75, 3.05) is 0 Å². The Morgan fingerprint density at radius 2 is 1.57 bits per heavy atom. The van der Waals surface area contributed by atoms with Crippen LogP contribution in [0.1, 0.15) is 47.0 Å². The molecule has 2 aliphatic rings. The molecule has 1 amide bonds. The van der Waals surface area contributed by atoms with Gasteiger partial charge in [-0.1, -0.05) is 64.5 Å². The summed E-state index contributed by atoms with van der Waals surface area (Å²) in [5.74, 6) is 0.123. The highest BCUT2D eigenvalue weighted by Gasteiger charge is 2.56. The van der Waals surface area contributed by atoms with Gasteiger partial charge in [0, 0.05) is 6.92 Å². The SMILES string of the molecule is CC(=O)N1[C@H]2c3ccccc3[C@]1(C)c1ccccc1[C@@H]2Br. The third-order valence-electron chi connectivity index (χ3n) is 4.96. The Labute approximate surface area is 132 Å². The van der Waals surface area contributed by atoms with E-state index in [1.54, 1.807) is 6.92 Å². The highest BCUT2D eigenvalue weighted by Crippen LogP contribution is 2.61. The molecule has 0 aromatic heterocycles. The molecule has 3 heteroatoms. The van der Waals surface area contributed by atoms with Gasteiger partial charge in [-0.15, -0.1) is 0 Å². The van der Waals surface area contributed by atoms with Gasteiger partial charge in [0.05, 0.1) is 16.4 Å². The normalized spacial score (nSPS) is 29.0. The zero-order valence-corrected chi connectivity index (χ0v) is 13.6. The molecule has 0 radical (unpaired) electrons.